The zero-order valence-corrected chi connectivity index (χ0v) is 18.2. The smallest absolute Gasteiger partial charge is 0.419 e. The minimum Gasteiger partial charge on any atom is -0.438 e. The van der Waals surface area contributed by atoms with Crippen molar-refractivity contribution in [2.75, 3.05) is 0 Å². The predicted octanol–water partition coefficient (Wildman–Crippen LogP) is 5.60. The van der Waals surface area contributed by atoms with Gasteiger partial charge in [-0.25, -0.2) is 14.5 Å². The van der Waals surface area contributed by atoms with Gasteiger partial charge in [-0.05, 0) is 48.2 Å². The van der Waals surface area contributed by atoms with E-state index in [0.717, 1.165) is 4.90 Å². The number of aromatic nitrogens is 2. The average Bonchev–Trinajstić information content (AvgIpc) is 3.54. The number of nitrogens with zero attached hydrogens (tertiary/aromatic N) is 3. The maximum absolute atomic E-state index is 13.3. The van der Waals surface area contributed by atoms with E-state index in [4.69, 9.17) is 4.74 Å². The molecule has 3 amide bonds. The number of urea groups is 1. The second kappa shape index (κ2) is 8.07. The summed E-state index contributed by atoms with van der Waals surface area (Å²) in [5.41, 5.74) is -3.23. The van der Waals surface area contributed by atoms with E-state index in [9.17, 15) is 35.9 Å². The van der Waals surface area contributed by atoms with E-state index in [1.807, 2.05) is 0 Å². The molecule has 1 saturated heterocycles. The van der Waals surface area contributed by atoms with Gasteiger partial charge in [0.2, 0.25) is 0 Å². The van der Waals surface area contributed by atoms with Crippen LogP contribution in [0.4, 0.5) is 35.9 Å². The first kappa shape index (κ1) is 23.8. The number of alkyl halides is 6. The van der Waals surface area contributed by atoms with Crippen LogP contribution in [0.2, 0.25) is 0 Å². The van der Waals surface area contributed by atoms with Crippen LogP contribution in [-0.4, -0.2) is 32.5 Å². The number of nitrogens with one attached hydrogen (secondary N) is 1. The second-order valence-corrected chi connectivity index (χ2v) is 8.54. The van der Waals surface area contributed by atoms with E-state index in [-0.39, 0.29) is 25.5 Å². The molecule has 1 saturated carbocycles. The number of hydrogen-bond donors (Lipinski definition) is 1. The summed E-state index contributed by atoms with van der Waals surface area (Å²) < 4.78 is 85.1. The topological polar surface area (TPSA) is 84.4 Å². The largest absolute Gasteiger partial charge is 0.438 e. The Bertz CT molecular complexity index is 1330. The summed E-state index contributed by atoms with van der Waals surface area (Å²) in [6.07, 6.45) is -9.47. The van der Waals surface area contributed by atoms with Gasteiger partial charge in [0.25, 0.3) is 0 Å². The fraction of sp³-hybridized carbons (Fsp3) is 0.304. The fourth-order valence-corrected chi connectivity index (χ4v) is 4.41. The van der Waals surface area contributed by atoms with Crippen LogP contribution in [0.1, 0.15) is 41.2 Å². The molecule has 0 bridgehead atoms. The van der Waals surface area contributed by atoms with Crippen molar-refractivity contribution in [2.45, 2.75) is 43.4 Å². The molecular weight excluding hydrogens is 494 g/mol. The van der Waals surface area contributed by atoms with E-state index >= 15 is 0 Å². The van der Waals surface area contributed by atoms with Crippen molar-refractivity contribution in [1.82, 2.24) is 20.2 Å². The molecule has 5 rings (SSSR count). The number of fused-ring (bicyclic) bond motifs is 1. The lowest BCUT2D eigenvalue weighted by Crippen LogP contribution is -2.46. The highest BCUT2D eigenvalue weighted by Gasteiger charge is 2.66. The maximum atomic E-state index is 13.3. The first-order valence-electron chi connectivity index (χ1n) is 10.7. The maximum Gasteiger partial charge on any atom is 0.419 e. The van der Waals surface area contributed by atoms with Crippen molar-refractivity contribution >= 4 is 23.2 Å². The molecule has 2 aromatic carbocycles. The van der Waals surface area contributed by atoms with Crippen molar-refractivity contribution < 1.29 is 40.7 Å². The third kappa shape index (κ3) is 4.07. The number of benzene rings is 2. The minimum absolute atomic E-state index is 0.00258. The molecule has 1 atom stereocenters. The predicted molar refractivity (Wildman–Crippen MR) is 111 cm³/mol. The Balaban J connectivity index is 1.42. The molecule has 36 heavy (non-hydrogen) atoms. The highest BCUT2D eigenvalue weighted by molar-refractivity contribution is 5.94. The SMILES string of the molecule is O=C(NCc1cccc2nccnc12)N1C(=O)O[C@H](c2cc(C(F)(F)F)cc(C(F)(F)F)c2)C12CC2. The van der Waals surface area contributed by atoms with Gasteiger partial charge in [0.1, 0.15) is 0 Å². The minimum atomic E-state index is -5.06. The first-order valence-corrected chi connectivity index (χ1v) is 10.7. The van der Waals surface area contributed by atoms with Crippen molar-refractivity contribution in [3.8, 4) is 0 Å². The number of ether oxygens (including phenoxy) is 1. The molecule has 1 spiro atoms. The Labute approximate surface area is 199 Å². The zero-order chi connectivity index (χ0) is 25.9. The Morgan fingerprint density at radius 2 is 1.67 bits per heavy atom. The molecule has 0 radical (unpaired) electrons. The van der Waals surface area contributed by atoms with Gasteiger partial charge >= 0.3 is 24.5 Å². The summed E-state index contributed by atoms with van der Waals surface area (Å²) in [5.74, 6) is 0. The van der Waals surface area contributed by atoms with E-state index in [1.54, 1.807) is 18.2 Å². The molecule has 2 fully saturated rings. The van der Waals surface area contributed by atoms with Crippen molar-refractivity contribution in [1.29, 1.82) is 0 Å². The van der Waals surface area contributed by atoms with Gasteiger partial charge in [-0.15, -0.1) is 0 Å². The number of hydrogen-bond acceptors (Lipinski definition) is 5. The van der Waals surface area contributed by atoms with Gasteiger partial charge < -0.3 is 10.1 Å². The molecule has 188 valence electrons. The molecule has 2 heterocycles. The molecule has 7 nitrogen and oxygen atoms in total. The molecule has 13 heteroatoms. The van der Waals surface area contributed by atoms with Gasteiger partial charge in [0, 0.05) is 18.9 Å². The third-order valence-corrected chi connectivity index (χ3v) is 6.23. The lowest BCUT2D eigenvalue weighted by atomic mass is 9.95. The molecule has 1 aliphatic heterocycles. The Hall–Kier alpha value is -3.90. The molecule has 1 aromatic heterocycles. The summed E-state index contributed by atoms with van der Waals surface area (Å²) in [6, 6.07) is 5.26. The van der Waals surface area contributed by atoms with Crippen LogP contribution in [0.15, 0.2) is 48.8 Å². The standard InChI is InChI=1S/C23H16F6N4O3/c24-22(25,26)14-8-13(9-15(10-14)23(27,28)29)18-21(4-5-21)33(20(35)36-18)19(34)32-11-12-2-1-3-16-17(12)31-7-6-30-16/h1-3,6-10,18H,4-5,11H2,(H,32,34)/t18-/m1/s1. The zero-order valence-electron chi connectivity index (χ0n) is 18.2. The lowest BCUT2D eigenvalue weighted by molar-refractivity contribution is -0.143. The van der Waals surface area contributed by atoms with Gasteiger partial charge in [-0.2, -0.15) is 26.3 Å². The van der Waals surface area contributed by atoms with Crippen LogP contribution in [0.5, 0.6) is 0 Å². The van der Waals surface area contributed by atoms with Crippen LogP contribution in [0.3, 0.4) is 0 Å². The Kier molecular flexibility index (Phi) is 5.34. The quantitative estimate of drug-likeness (QED) is 0.464. The summed E-state index contributed by atoms with van der Waals surface area (Å²) in [6.45, 7) is -0.0544. The van der Waals surface area contributed by atoms with E-state index < -0.39 is 52.8 Å². The van der Waals surface area contributed by atoms with Crippen LogP contribution < -0.4 is 5.32 Å². The van der Waals surface area contributed by atoms with Crippen LogP contribution in [0.25, 0.3) is 11.0 Å². The highest BCUT2D eigenvalue weighted by Crippen LogP contribution is 2.57. The number of imide groups is 1. The number of para-hydroxylation sites is 1. The van der Waals surface area contributed by atoms with Gasteiger partial charge in [-0.1, -0.05) is 12.1 Å². The number of carbonyl (C=O) groups is 2. The highest BCUT2D eigenvalue weighted by atomic mass is 19.4. The molecule has 1 aliphatic carbocycles. The average molecular weight is 510 g/mol. The van der Waals surface area contributed by atoms with E-state index in [0.29, 0.717) is 28.7 Å². The number of carbonyl (C=O) groups excluding carboxylic acids is 2. The van der Waals surface area contributed by atoms with Crippen LogP contribution >= 0.6 is 0 Å². The number of rotatable bonds is 3. The normalized spacial score (nSPS) is 19.0. The van der Waals surface area contributed by atoms with Crippen molar-refractivity contribution in [3.63, 3.8) is 0 Å². The van der Waals surface area contributed by atoms with Crippen molar-refractivity contribution in [2.24, 2.45) is 0 Å². The summed E-state index contributed by atoms with van der Waals surface area (Å²) in [4.78, 5) is 34.7. The van der Waals surface area contributed by atoms with Gasteiger partial charge in [0.15, 0.2) is 6.10 Å². The van der Waals surface area contributed by atoms with Crippen LogP contribution in [-0.2, 0) is 23.6 Å². The summed E-state index contributed by atoms with van der Waals surface area (Å²) in [5, 5.41) is 2.56. The van der Waals surface area contributed by atoms with Gasteiger partial charge in [0.05, 0.1) is 27.7 Å². The Morgan fingerprint density at radius 1 is 1.03 bits per heavy atom. The van der Waals surface area contributed by atoms with Crippen molar-refractivity contribution in [3.05, 3.63) is 71.0 Å². The lowest BCUT2D eigenvalue weighted by Gasteiger charge is -2.24. The molecule has 3 aromatic rings. The summed E-state index contributed by atoms with van der Waals surface area (Å²) in [7, 11) is 0. The monoisotopic (exact) mass is 510 g/mol. The molecule has 1 N–H and O–H groups in total. The fourth-order valence-electron chi connectivity index (χ4n) is 4.41. The third-order valence-electron chi connectivity index (χ3n) is 6.23. The Morgan fingerprint density at radius 3 is 2.28 bits per heavy atom. The van der Waals surface area contributed by atoms with E-state index in [2.05, 4.69) is 15.3 Å². The number of halogens is 6. The second-order valence-electron chi connectivity index (χ2n) is 8.54. The number of cyclic esters (lactones) is 1. The molecule has 2 aliphatic rings. The molecule has 0 unspecified atom stereocenters. The molecular formula is C23H16F6N4O3. The number of amides is 3. The van der Waals surface area contributed by atoms with Crippen LogP contribution in [0, 0.1) is 0 Å². The van der Waals surface area contributed by atoms with Gasteiger partial charge in [-0.3, -0.25) is 9.97 Å². The summed E-state index contributed by atoms with van der Waals surface area (Å²) >= 11 is 0. The van der Waals surface area contributed by atoms with E-state index in [1.165, 1.54) is 12.4 Å². The first-order chi connectivity index (χ1) is 16.9.